The first kappa shape index (κ1) is 26.8. The second kappa shape index (κ2) is 12.8. The van der Waals surface area contributed by atoms with Crippen molar-refractivity contribution >= 4 is 23.0 Å². The van der Waals surface area contributed by atoms with Gasteiger partial charge < -0.3 is 20.5 Å². The normalized spacial score (nSPS) is 16.2. The van der Waals surface area contributed by atoms with E-state index in [1.165, 1.54) is 32.1 Å². The highest BCUT2D eigenvalue weighted by atomic mass is 16.5. The Labute approximate surface area is 210 Å². The Bertz CT molecular complexity index is 940. The summed E-state index contributed by atoms with van der Waals surface area (Å²) in [5.74, 6) is 0.332. The predicted molar refractivity (Wildman–Crippen MR) is 142 cm³/mol. The molecule has 1 fully saturated rings. The van der Waals surface area contributed by atoms with E-state index in [0.717, 1.165) is 29.0 Å². The molecular formula is C28H42N4O3. The number of aliphatic carboxylic acids is 1. The van der Waals surface area contributed by atoms with Gasteiger partial charge in [0.25, 0.3) is 0 Å². The second-order valence-corrected chi connectivity index (χ2v) is 10.4. The molecule has 0 saturated heterocycles. The Balaban J connectivity index is 1.91. The lowest BCUT2D eigenvalue weighted by molar-refractivity contribution is -0.137. The Morgan fingerprint density at radius 3 is 2.34 bits per heavy atom. The van der Waals surface area contributed by atoms with Gasteiger partial charge in [0.1, 0.15) is 0 Å². The van der Waals surface area contributed by atoms with Gasteiger partial charge in [0.2, 0.25) is 0 Å². The summed E-state index contributed by atoms with van der Waals surface area (Å²) >= 11 is 0. The Kier molecular flexibility index (Phi) is 9.75. The Morgan fingerprint density at radius 1 is 1.09 bits per heavy atom. The van der Waals surface area contributed by atoms with Crippen LogP contribution < -0.4 is 15.4 Å². The molecule has 192 valence electrons. The molecule has 1 aliphatic rings. The number of hydrogen-bond donors (Lipinski definition) is 3. The average Bonchev–Trinajstić information content (AvgIpc) is 2.82. The van der Waals surface area contributed by atoms with Crippen molar-refractivity contribution in [2.45, 2.75) is 97.6 Å². The molecule has 0 amide bonds. The van der Waals surface area contributed by atoms with E-state index >= 15 is 0 Å². The molecule has 7 nitrogen and oxygen atoms in total. The standard InChI is InChI=1S/C28H42N4O3/c1-6-20(15-26(33)34)22-12-13-24(32-27(18(2)3)21-10-8-7-9-11-21)25(14-22)31-23-16-29-28(30-17-23)35-19(4)5/h12-14,16-21,27,31-32H,6-11,15H2,1-5H3,(H,33,34). The van der Waals surface area contributed by atoms with Crippen LogP contribution in [0.1, 0.15) is 91.0 Å². The van der Waals surface area contributed by atoms with Crippen LogP contribution in [0, 0.1) is 11.8 Å². The van der Waals surface area contributed by atoms with Gasteiger partial charge in [-0.05, 0) is 68.6 Å². The van der Waals surface area contributed by atoms with Crippen molar-refractivity contribution in [3.05, 3.63) is 36.2 Å². The lowest BCUT2D eigenvalue weighted by Gasteiger charge is -2.35. The summed E-state index contributed by atoms with van der Waals surface area (Å²) in [5.41, 5.74) is 3.70. The molecule has 2 unspecified atom stereocenters. The number of benzene rings is 1. The number of hydrogen-bond acceptors (Lipinski definition) is 6. The zero-order chi connectivity index (χ0) is 25.4. The van der Waals surface area contributed by atoms with Crippen molar-refractivity contribution in [3.63, 3.8) is 0 Å². The number of carboxylic acid groups (broad SMARTS) is 1. The molecule has 3 rings (SSSR count). The zero-order valence-electron chi connectivity index (χ0n) is 21.9. The number of ether oxygens (including phenoxy) is 1. The van der Waals surface area contributed by atoms with Crippen molar-refractivity contribution in [1.82, 2.24) is 9.97 Å². The Morgan fingerprint density at radius 2 is 1.77 bits per heavy atom. The fraction of sp³-hybridized carbons (Fsp3) is 0.607. The van der Waals surface area contributed by atoms with Crippen molar-refractivity contribution in [2.24, 2.45) is 11.8 Å². The third kappa shape index (κ3) is 7.84. The van der Waals surface area contributed by atoms with Gasteiger partial charge in [-0.3, -0.25) is 4.79 Å². The van der Waals surface area contributed by atoms with Gasteiger partial charge in [-0.25, -0.2) is 9.97 Å². The SMILES string of the molecule is CCC(CC(=O)O)c1ccc(NC(C(C)C)C2CCCCC2)c(Nc2cnc(OC(C)C)nc2)c1. The smallest absolute Gasteiger partial charge is 0.316 e. The van der Waals surface area contributed by atoms with E-state index in [0.29, 0.717) is 23.9 Å². The molecule has 3 N–H and O–H groups in total. The Hall–Kier alpha value is -2.83. The van der Waals surface area contributed by atoms with Gasteiger partial charge >= 0.3 is 12.0 Å². The molecule has 2 atom stereocenters. The number of rotatable bonds is 12. The fourth-order valence-electron chi connectivity index (χ4n) is 5.06. The molecule has 1 aromatic heterocycles. The number of aromatic nitrogens is 2. The molecule has 2 aromatic rings. The maximum atomic E-state index is 11.4. The van der Waals surface area contributed by atoms with Crippen molar-refractivity contribution < 1.29 is 14.6 Å². The highest BCUT2D eigenvalue weighted by Gasteiger charge is 2.27. The number of carboxylic acids is 1. The van der Waals surface area contributed by atoms with Gasteiger partial charge in [0.15, 0.2) is 0 Å². The van der Waals surface area contributed by atoms with E-state index in [1.807, 2.05) is 20.8 Å². The largest absolute Gasteiger partial charge is 0.481 e. The molecule has 0 bridgehead atoms. The summed E-state index contributed by atoms with van der Waals surface area (Å²) in [5, 5.41) is 16.7. The minimum atomic E-state index is -0.778. The van der Waals surface area contributed by atoms with Crippen LogP contribution in [0.4, 0.5) is 17.1 Å². The van der Waals surface area contributed by atoms with E-state index in [2.05, 4.69) is 52.6 Å². The van der Waals surface area contributed by atoms with Crippen LogP contribution in [-0.4, -0.2) is 33.2 Å². The topological polar surface area (TPSA) is 96.4 Å². The van der Waals surface area contributed by atoms with Crippen molar-refractivity contribution in [3.8, 4) is 6.01 Å². The third-order valence-corrected chi connectivity index (χ3v) is 6.88. The molecule has 7 heteroatoms. The lowest BCUT2D eigenvalue weighted by atomic mass is 9.79. The summed E-state index contributed by atoms with van der Waals surface area (Å²) in [4.78, 5) is 20.1. The lowest BCUT2D eigenvalue weighted by Crippen LogP contribution is -2.35. The van der Waals surface area contributed by atoms with Crippen LogP contribution in [0.3, 0.4) is 0 Å². The van der Waals surface area contributed by atoms with Crippen molar-refractivity contribution in [2.75, 3.05) is 10.6 Å². The maximum Gasteiger partial charge on any atom is 0.316 e. The molecule has 1 aliphatic carbocycles. The molecule has 0 radical (unpaired) electrons. The number of anilines is 3. The van der Waals surface area contributed by atoms with Gasteiger partial charge in [-0.1, -0.05) is 46.1 Å². The third-order valence-electron chi connectivity index (χ3n) is 6.88. The molecule has 1 saturated carbocycles. The monoisotopic (exact) mass is 482 g/mol. The maximum absolute atomic E-state index is 11.4. The number of nitrogens with one attached hydrogen (secondary N) is 2. The summed E-state index contributed by atoms with van der Waals surface area (Å²) in [7, 11) is 0. The van der Waals surface area contributed by atoms with Crippen LogP contribution in [0.25, 0.3) is 0 Å². The number of carbonyl (C=O) groups is 1. The summed E-state index contributed by atoms with van der Waals surface area (Å²) in [6.45, 7) is 10.5. The van der Waals surface area contributed by atoms with Crippen molar-refractivity contribution in [1.29, 1.82) is 0 Å². The quantitative estimate of drug-likeness (QED) is 0.300. The molecule has 0 spiro atoms. The molecule has 0 aliphatic heterocycles. The first-order chi connectivity index (χ1) is 16.8. The highest BCUT2D eigenvalue weighted by Crippen LogP contribution is 2.36. The minimum absolute atomic E-state index is 0.00857. The molecule has 35 heavy (non-hydrogen) atoms. The van der Waals surface area contributed by atoms with Gasteiger partial charge in [-0.2, -0.15) is 0 Å². The van der Waals surface area contributed by atoms with E-state index < -0.39 is 5.97 Å². The molecule has 1 heterocycles. The van der Waals surface area contributed by atoms with Crippen LogP contribution in [-0.2, 0) is 4.79 Å². The van der Waals surface area contributed by atoms with Crippen LogP contribution >= 0.6 is 0 Å². The first-order valence-corrected chi connectivity index (χ1v) is 13.1. The number of nitrogens with zero attached hydrogens (tertiary/aromatic N) is 2. The van der Waals surface area contributed by atoms with E-state index in [1.54, 1.807) is 12.4 Å². The van der Waals surface area contributed by atoms with Gasteiger partial charge in [0.05, 0.1) is 42.0 Å². The predicted octanol–water partition coefficient (Wildman–Crippen LogP) is 6.99. The van der Waals surface area contributed by atoms with Crippen LogP contribution in [0.5, 0.6) is 6.01 Å². The van der Waals surface area contributed by atoms with E-state index in [4.69, 9.17) is 4.74 Å². The first-order valence-electron chi connectivity index (χ1n) is 13.1. The van der Waals surface area contributed by atoms with Gasteiger partial charge in [-0.15, -0.1) is 0 Å². The summed E-state index contributed by atoms with van der Waals surface area (Å²) < 4.78 is 5.57. The van der Waals surface area contributed by atoms with E-state index in [-0.39, 0.29) is 18.4 Å². The summed E-state index contributed by atoms with van der Waals surface area (Å²) in [6.07, 6.45) is 10.8. The zero-order valence-corrected chi connectivity index (χ0v) is 21.9. The molecular weight excluding hydrogens is 440 g/mol. The minimum Gasteiger partial charge on any atom is -0.481 e. The summed E-state index contributed by atoms with van der Waals surface area (Å²) in [6, 6.07) is 6.97. The van der Waals surface area contributed by atoms with Gasteiger partial charge in [0, 0.05) is 6.04 Å². The second-order valence-electron chi connectivity index (χ2n) is 10.4. The molecule has 1 aromatic carbocycles. The van der Waals surface area contributed by atoms with Crippen LogP contribution in [0.2, 0.25) is 0 Å². The fourth-order valence-corrected chi connectivity index (χ4v) is 5.06. The average molecular weight is 483 g/mol. The van der Waals surface area contributed by atoms with Crippen LogP contribution in [0.15, 0.2) is 30.6 Å². The highest BCUT2D eigenvalue weighted by molar-refractivity contribution is 5.76. The van der Waals surface area contributed by atoms with E-state index in [9.17, 15) is 9.90 Å².